The van der Waals surface area contributed by atoms with E-state index in [2.05, 4.69) is 39.1 Å². The van der Waals surface area contributed by atoms with E-state index in [1.807, 2.05) is 42.8 Å². The first-order valence-corrected chi connectivity index (χ1v) is 8.54. The smallest absolute Gasteiger partial charge is 0.224 e. The third kappa shape index (κ3) is 4.79. The van der Waals surface area contributed by atoms with Gasteiger partial charge < -0.3 is 5.32 Å². The average molecular weight is 422 g/mol. The highest BCUT2D eigenvalue weighted by Crippen LogP contribution is 2.17. The molecule has 5 nitrogen and oxygen atoms in total. The number of nitrogens with one attached hydrogen (secondary N) is 1. The zero-order chi connectivity index (χ0) is 16.8. The highest BCUT2D eigenvalue weighted by molar-refractivity contribution is 14.1. The number of rotatable bonds is 6. The van der Waals surface area contributed by atoms with E-state index >= 15 is 0 Å². The van der Waals surface area contributed by atoms with Crippen molar-refractivity contribution in [1.29, 1.82) is 5.26 Å². The van der Waals surface area contributed by atoms with Gasteiger partial charge >= 0.3 is 0 Å². The lowest BCUT2D eigenvalue weighted by molar-refractivity contribution is -0.116. The van der Waals surface area contributed by atoms with Crippen LogP contribution in [0.3, 0.4) is 0 Å². The molecule has 0 aliphatic heterocycles. The Balaban J connectivity index is 1.95. The fourth-order valence-corrected chi connectivity index (χ4v) is 2.82. The number of carbonyl (C=O) groups excluding carboxylic acids is 1. The molecule has 6 heteroatoms. The molecule has 1 aromatic carbocycles. The molecule has 0 aliphatic carbocycles. The van der Waals surface area contributed by atoms with Crippen LogP contribution in [0.15, 0.2) is 24.3 Å². The quantitative estimate of drug-likeness (QED) is 0.724. The minimum absolute atomic E-state index is 0.00483. The minimum Gasteiger partial charge on any atom is -0.326 e. The van der Waals surface area contributed by atoms with Crippen LogP contribution in [0.25, 0.3) is 0 Å². The van der Waals surface area contributed by atoms with E-state index in [1.54, 1.807) is 0 Å². The Morgan fingerprint density at radius 3 is 2.70 bits per heavy atom. The predicted octanol–water partition coefficient (Wildman–Crippen LogP) is 3.59. The van der Waals surface area contributed by atoms with Gasteiger partial charge in [0, 0.05) is 21.4 Å². The summed E-state index contributed by atoms with van der Waals surface area (Å²) in [4.78, 5) is 12.1. The van der Waals surface area contributed by atoms with Gasteiger partial charge in [0.05, 0.1) is 24.7 Å². The van der Waals surface area contributed by atoms with Crippen LogP contribution in [0.4, 0.5) is 5.69 Å². The number of benzene rings is 1. The summed E-state index contributed by atoms with van der Waals surface area (Å²) in [5.41, 5.74) is 3.89. The Hall–Kier alpha value is -1.88. The molecule has 0 saturated heterocycles. The summed E-state index contributed by atoms with van der Waals surface area (Å²) in [5, 5.41) is 16.0. The Kier molecular flexibility index (Phi) is 6.16. The van der Waals surface area contributed by atoms with Gasteiger partial charge in [-0.15, -0.1) is 0 Å². The number of hydrogen-bond acceptors (Lipinski definition) is 3. The van der Waals surface area contributed by atoms with Crippen LogP contribution in [0.1, 0.15) is 29.8 Å². The number of aromatic nitrogens is 2. The summed E-state index contributed by atoms with van der Waals surface area (Å²) in [6, 6.07) is 9.85. The molecule has 0 aliphatic rings. The Morgan fingerprint density at radius 2 is 2.04 bits per heavy atom. The lowest BCUT2D eigenvalue weighted by Gasteiger charge is -2.06. The first-order valence-electron chi connectivity index (χ1n) is 7.46. The third-order valence-electron chi connectivity index (χ3n) is 3.70. The van der Waals surface area contributed by atoms with E-state index in [0.29, 0.717) is 25.8 Å². The van der Waals surface area contributed by atoms with Crippen LogP contribution >= 0.6 is 22.6 Å². The zero-order valence-electron chi connectivity index (χ0n) is 13.3. The molecule has 0 bridgehead atoms. The van der Waals surface area contributed by atoms with Crippen LogP contribution in [-0.2, 0) is 17.8 Å². The molecule has 0 fully saturated rings. The van der Waals surface area contributed by atoms with Crippen LogP contribution in [0, 0.1) is 28.7 Å². The SMILES string of the molecule is Cc1nn(CCC#N)c(C)c1CCC(=O)Nc1ccc(I)cc1. The number of nitriles is 1. The summed E-state index contributed by atoms with van der Waals surface area (Å²) in [7, 11) is 0. The number of nitrogens with zero attached hydrogens (tertiary/aromatic N) is 3. The number of hydrogen-bond donors (Lipinski definition) is 1. The summed E-state index contributed by atoms with van der Waals surface area (Å²) in [6.07, 6.45) is 1.51. The van der Waals surface area contributed by atoms with Gasteiger partial charge in [0.25, 0.3) is 0 Å². The van der Waals surface area contributed by atoms with Crippen LogP contribution in [0.2, 0.25) is 0 Å². The van der Waals surface area contributed by atoms with Crippen molar-refractivity contribution in [2.45, 2.75) is 39.7 Å². The molecule has 0 spiro atoms. The van der Waals surface area contributed by atoms with Crippen molar-refractivity contribution in [3.8, 4) is 6.07 Å². The molecular weight excluding hydrogens is 403 g/mol. The predicted molar refractivity (Wildman–Crippen MR) is 98.0 cm³/mol. The second-order valence-electron chi connectivity index (χ2n) is 5.34. The van der Waals surface area contributed by atoms with Gasteiger partial charge in [-0.3, -0.25) is 9.48 Å². The molecular formula is C17H19IN4O. The van der Waals surface area contributed by atoms with Crippen molar-refractivity contribution in [2.75, 3.05) is 5.32 Å². The molecule has 1 amide bonds. The number of aryl methyl sites for hydroxylation is 2. The lowest BCUT2D eigenvalue weighted by Crippen LogP contribution is -2.12. The topological polar surface area (TPSA) is 70.7 Å². The third-order valence-corrected chi connectivity index (χ3v) is 4.42. The van der Waals surface area contributed by atoms with Gasteiger partial charge in [-0.1, -0.05) is 0 Å². The largest absolute Gasteiger partial charge is 0.326 e. The average Bonchev–Trinajstić information content (AvgIpc) is 2.79. The van der Waals surface area contributed by atoms with Crippen molar-refractivity contribution < 1.29 is 4.79 Å². The van der Waals surface area contributed by atoms with Gasteiger partial charge in [0.15, 0.2) is 0 Å². The van der Waals surface area contributed by atoms with Crippen LogP contribution < -0.4 is 5.32 Å². The van der Waals surface area contributed by atoms with Gasteiger partial charge in [-0.2, -0.15) is 10.4 Å². The molecule has 1 N–H and O–H groups in total. The molecule has 1 aromatic heterocycles. The maximum Gasteiger partial charge on any atom is 0.224 e. The number of amides is 1. The van der Waals surface area contributed by atoms with Gasteiger partial charge in [-0.05, 0) is 72.7 Å². The zero-order valence-corrected chi connectivity index (χ0v) is 15.4. The first kappa shape index (κ1) is 17.5. The second kappa shape index (κ2) is 8.11. The van der Waals surface area contributed by atoms with Gasteiger partial charge in [0.2, 0.25) is 5.91 Å². The second-order valence-corrected chi connectivity index (χ2v) is 6.58. The molecule has 2 aromatic rings. The molecule has 2 rings (SSSR count). The van der Waals surface area contributed by atoms with Crippen molar-refractivity contribution in [3.63, 3.8) is 0 Å². The number of halogens is 1. The Morgan fingerprint density at radius 1 is 1.35 bits per heavy atom. The normalized spacial score (nSPS) is 10.3. The Bertz CT molecular complexity index is 728. The highest BCUT2D eigenvalue weighted by Gasteiger charge is 2.13. The molecule has 0 atom stereocenters. The lowest BCUT2D eigenvalue weighted by atomic mass is 10.1. The number of carbonyl (C=O) groups is 1. The molecule has 1 heterocycles. The Labute approximate surface area is 149 Å². The van der Waals surface area contributed by atoms with Gasteiger partial charge in [-0.25, -0.2) is 0 Å². The molecule has 23 heavy (non-hydrogen) atoms. The summed E-state index contributed by atoms with van der Waals surface area (Å²) in [5.74, 6) is -0.00483. The molecule has 120 valence electrons. The van der Waals surface area contributed by atoms with Gasteiger partial charge in [0.1, 0.15) is 0 Å². The van der Waals surface area contributed by atoms with Crippen molar-refractivity contribution in [3.05, 3.63) is 44.8 Å². The standard InChI is InChI=1S/C17H19IN4O/c1-12-16(13(2)22(21-12)11-3-10-19)8-9-17(23)20-15-6-4-14(18)5-7-15/h4-7H,3,8-9,11H2,1-2H3,(H,20,23). The van der Waals surface area contributed by atoms with Crippen molar-refractivity contribution in [2.24, 2.45) is 0 Å². The minimum atomic E-state index is -0.00483. The fourth-order valence-electron chi connectivity index (χ4n) is 2.46. The monoisotopic (exact) mass is 422 g/mol. The maximum atomic E-state index is 12.1. The molecule has 0 unspecified atom stereocenters. The van der Waals surface area contributed by atoms with E-state index in [1.165, 1.54) is 0 Å². The van der Waals surface area contributed by atoms with E-state index in [9.17, 15) is 4.79 Å². The molecule has 0 radical (unpaired) electrons. The van der Waals surface area contributed by atoms with E-state index in [0.717, 1.165) is 26.2 Å². The van der Waals surface area contributed by atoms with E-state index in [4.69, 9.17) is 5.26 Å². The summed E-state index contributed by atoms with van der Waals surface area (Å²) < 4.78 is 2.99. The first-order chi connectivity index (χ1) is 11.0. The van der Waals surface area contributed by atoms with Crippen molar-refractivity contribution >= 4 is 34.2 Å². The maximum absolute atomic E-state index is 12.1. The van der Waals surface area contributed by atoms with E-state index in [-0.39, 0.29) is 5.91 Å². The summed E-state index contributed by atoms with van der Waals surface area (Å²) >= 11 is 2.23. The molecule has 0 saturated carbocycles. The highest BCUT2D eigenvalue weighted by atomic mass is 127. The van der Waals surface area contributed by atoms with Crippen molar-refractivity contribution in [1.82, 2.24) is 9.78 Å². The van der Waals surface area contributed by atoms with Crippen LogP contribution in [-0.4, -0.2) is 15.7 Å². The number of anilines is 1. The van der Waals surface area contributed by atoms with Crippen LogP contribution in [0.5, 0.6) is 0 Å². The van der Waals surface area contributed by atoms with E-state index < -0.39 is 0 Å². The summed E-state index contributed by atoms with van der Waals surface area (Å²) in [6.45, 7) is 4.53. The fraction of sp³-hybridized carbons (Fsp3) is 0.353.